The number of aliphatic carboxylic acids is 2. The molecule has 0 heterocycles. The number of unbranched alkanes of at least 4 members (excludes halogenated alkanes) is 6. The lowest BCUT2D eigenvalue weighted by Gasteiger charge is -2.19. The molecule has 0 fully saturated rings. The number of hydrogen-bond acceptors (Lipinski definition) is 3. The van der Waals surface area contributed by atoms with E-state index in [0.29, 0.717) is 0 Å². The number of para-hydroxylation sites is 1. The molecule has 3 N–H and O–H groups in total. The molecule has 0 aromatic heterocycles. The second kappa shape index (κ2) is 15.4. The van der Waals surface area contributed by atoms with Crippen molar-refractivity contribution in [2.75, 3.05) is 23.9 Å². The first kappa shape index (κ1) is 23.4. The van der Waals surface area contributed by atoms with Crippen LogP contribution in [0.15, 0.2) is 30.3 Å². The summed E-state index contributed by atoms with van der Waals surface area (Å²) >= 11 is 0. The topological polar surface area (TPSA) is 86.6 Å². The van der Waals surface area contributed by atoms with Crippen molar-refractivity contribution in [2.24, 2.45) is 0 Å². The molecule has 0 saturated heterocycles. The van der Waals surface area contributed by atoms with E-state index in [4.69, 9.17) is 10.2 Å². The molecule has 0 saturated carbocycles. The molecule has 0 bridgehead atoms. The lowest BCUT2D eigenvalue weighted by molar-refractivity contribution is -0.138. The normalized spacial score (nSPS) is 10.9. The Hall–Kier alpha value is -1.61. The minimum absolute atomic E-state index is 0.0947. The average Bonchev–Trinajstić information content (AvgIpc) is 2.64. The van der Waals surface area contributed by atoms with Crippen LogP contribution in [0.25, 0.3) is 0 Å². The maximum absolute atomic E-state index is 10.6. The van der Waals surface area contributed by atoms with Gasteiger partial charge >= 0.3 is 11.9 Å². The third-order valence-electron chi connectivity index (χ3n) is 4.51. The van der Waals surface area contributed by atoms with Crippen LogP contribution in [0.3, 0.4) is 0 Å². The van der Waals surface area contributed by atoms with Gasteiger partial charge in [0.2, 0.25) is 0 Å². The number of benzene rings is 1. The van der Waals surface area contributed by atoms with Gasteiger partial charge in [0.25, 0.3) is 0 Å². The molecule has 0 spiro atoms. The summed E-state index contributed by atoms with van der Waals surface area (Å²) in [6.07, 6.45) is 12.1. The van der Waals surface area contributed by atoms with Crippen LogP contribution in [0, 0.1) is 0 Å². The van der Waals surface area contributed by atoms with Gasteiger partial charge in [-0.3, -0.25) is 9.59 Å². The largest absolute Gasteiger partial charge is 0.481 e. The van der Waals surface area contributed by atoms with Crippen LogP contribution in [0.1, 0.15) is 64.2 Å². The van der Waals surface area contributed by atoms with Crippen LogP contribution in [0.2, 0.25) is 0 Å². The molecule has 1 aromatic carbocycles. The number of carbonyl (C=O) groups is 2. The van der Waals surface area contributed by atoms with E-state index in [1.165, 1.54) is 25.2 Å². The van der Waals surface area contributed by atoms with E-state index in [0.717, 1.165) is 50.5 Å². The molecule has 27 heavy (non-hydrogen) atoms. The molecule has 6 heteroatoms. The third kappa shape index (κ3) is 14.2. The number of rotatable bonds is 17. The zero-order valence-electron chi connectivity index (χ0n) is 16.2. The van der Waals surface area contributed by atoms with Gasteiger partial charge in [-0.2, -0.15) is 0 Å². The van der Waals surface area contributed by atoms with Gasteiger partial charge in [0.15, 0.2) is 0 Å². The van der Waals surface area contributed by atoms with Crippen molar-refractivity contribution in [1.29, 1.82) is 0 Å². The molecular formula is C21H34NO4P. The van der Waals surface area contributed by atoms with E-state index in [1.807, 2.05) is 18.2 Å². The van der Waals surface area contributed by atoms with Gasteiger partial charge in [-0.05, 0) is 50.1 Å². The minimum atomic E-state index is -0.702. The molecule has 5 nitrogen and oxygen atoms in total. The Morgan fingerprint density at radius 1 is 0.741 bits per heavy atom. The summed E-state index contributed by atoms with van der Waals surface area (Å²) in [5.41, 5.74) is 1.16. The highest BCUT2D eigenvalue weighted by atomic mass is 31.1. The molecule has 152 valence electrons. The zero-order valence-corrected chi connectivity index (χ0v) is 17.1. The first-order valence-electron chi connectivity index (χ1n) is 10.0. The van der Waals surface area contributed by atoms with Gasteiger partial charge in [-0.1, -0.05) is 51.8 Å². The van der Waals surface area contributed by atoms with Gasteiger partial charge in [0, 0.05) is 24.8 Å². The van der Waals surface area contributed by atoms with Gasteiger partial charge in [-0.15, -0.1) is 0 Å². The zero-order chi connectivity index (χ0) is 19.7. The summed E-state index contributed by atoms with van der Waals surface area (Å²) < 4.78 is 0. The summed E-state index contributed by atoms with van der Waals surface area (Å²) in [5, 5.41) is 20.9. The molecule has 0 aliphatic rings. The van der Waals surface area contributed by atoms with Gasteiger partial charge in [0.1, 0.15) is 0 Å². The highest BCUT2D eigenvalue weighted by Crippen LogP contribution is 2.38. The van der Waals surface area contributed by atoms with Crippen molar-refractivity contribution in [3.05, 3.63) is 30.3 Å². The molecule has 0 atom stereocenters. The molecule has 0 amide bonds. The van der Waals surface area contributed by atoms with Crippen LogP contribution in [-0.2, 0) is 9.59 Å². The minimum Gasteiger partial charge on any atom is -0.481 e. The fourth-order valence-electron chi connectivity index (χ4n) is 2.96. The number of carboxylic acids is 2. The van der Waals surface area contributed by atoms with E-state index in [-0.39, 0.29) is 20.8 Å². The Morgan fingerprint density at radius 2 is 1.22 bits per heavy atom. The van der Waals surface area contributed by atoms with Crippen LogP contribution >= 0.6 is 7.92 Å². The first-order chi connectivity index (χ1) is 13.1. The highest BCUT2D eigenvalue weighted by Gasteiger charge is 2.08. The van der Waals surface area contributed by atoms with Crippen LogP contribution in [-0.4, -0.2) is 40.8 Å². The Labute approximate surface area is 164 Å². The molecule has 0 aliphatic carbocycles. The van der Waals surface area contributed by atoms with Crippen molar-refractivity contribution < 1.29 is 19.8 Å². The Balaban J connectivity index is 2.25. The number of anilines is 1. The standard InChI is InChI=1S/C21H34NO4P/c23-20(24)14-8-1-3-10-16-27(17-11-4-2-9-15-21(25)26)18-22-19-12-6-5-7-13-19/h5-7,12-13,22H,1-4,8-11,14-18H2,(H,23,24)(H,25,26). The third-order valence-corrected chi connectivity index (χ3v) is 7.01. The molecular weight excluding hydrogens is 361 g/mol. The van der Waals surface area contributed by atoms with Gasteiger partial charge in [-0.25, -0.2) is 0 Å². The molecule has 0 unspecified atom stereocenters. The predicted octanol–water partition coefficient (Wildman–Crippen LogP) is 5.61. The van der Waals surface area contributed by atoms with Gasteiger partial charge < -0.3 is 15.5 Å². The highest BCUT2D eigenvalue weighted by molar-refractivity contribution is 7.57. The lowest BCUT2D eigenvalue weighted by atomic mass is 10.1. The van der Waals surface area contributed by atoms with E-state index in [2.05, 4.69) is 17.4 Å². The number of nitrogens with one attached hydrogen (secondary N) is 1. The fourth-order valence-corrected chi connectivity index (χ4v) is 5.25. The van der Waals surface area contributed by atoms with Gasteiger partial charge in [0.05, 0.1) is 0 Å². The van der Waals surface area contributed by atoms with Crippen LogP contribution in [0.5, 0.6) is 0 Å². The maximum Gasteiger partial charge on any atom is 0.303 e. The van der Waals surface area contributed by atoms with Crippen molar-refractivity contribution in [3.63, 3.8) is 0 Å². The smallest absolute Gasteiger partial charge is 0.303 e. The summed E-state index contributed by atoms with van der Waals surface area (Å²) in [7, 11) is -0.0947. The number of hydrogen-bond donors (Lipinski definition) is 3. The van der Waals surface area contributed by atoms with Crippen molar-refractivity contribution >= 4 is 25.5 Å². The average molecular weight is 395 g/mol. The first-order valence-corrected chi connectivity index (χ1v) is 11.9. The summed E-state index contributed by atoms with van der Waals surface area (Å²) in [5.74, 6) is -1.40. The van der Waals surface area contributed by atoms with Crippen LogP contribution < -0.4 is 5.32 Å². The van der Waals surface area contributed by atoms with E-state index in [9.17, 15) is 9.59 Å². The molecule has 0 radical (unpaired) electrons. The second-order valence-electron chi connectivity index (χ2n) is 6.93. The Bertz CT molecular complexity index is 498. The summed E-state index contributed by atoms with van der Waals surface area (Å²) in [4.78, 5) is 21.1. The van der Waals surface area contributed by atoms with E-state index in [1.54, 1.807) is 0 Å². The Morgan fingerprint density at radius 3 is 1.70 bits per heavy atom. The maximum atomic E-state index is 10.6. The summed E-state index contributed by atoms with van der Waals surface area (Å²) in [6.45, 7) is 0. The van der Waals surface area contributed by atoms with Crippen molar-refractivity contribution in [2.45, 2.75) is 64.2 Å². The van der Waals surface area contributed by atoms with Crippen molar-refractivity contribution in [1.82, 2.24) is 0 Å². The molecule has 0 aliphatic heterocycles. The van der Waals surface area contributed by atoms with E-state index >= 15 is 0 Å². The monoisotopic (exact) mass is 395 g/mol. The second-order valence-corrected chi connectivity index (χ2v) is 9.49. The Kier molecular flexibility index (Phi) is 13.4. The quantitative estimate of drug-likeness (QED) is 0.236. The molecule has 1 aromatic rings. The lowest BCUT2D eigenvalue weighted by Crippen LogP contribution is -2.05. The fraction of sp³-hybridized carbons (Fsp3) is 0.619. The summed E-state index contributed by atoms with van der Waals surface area (Å²) in [6, 6.07) is 10.3. The molecule has 1 rings (SSSR count). The van der Waals surface area contributed by atoms with E-state index < -0.39 is 11.9 Å². The van der Waals surface area contributed by atoms with Crippen molar-refractivity contribution in [3.8, 4) is 0 Å². The SMILES string of the molecule is O=C(O)CCCCCCP(CCCCCCC(=O)O)CNc1ccccc1. The number of carboxylic acid groups (broad SMARTS) is 2. The predicted molar refractivity (Wildman–Crippen MR) is 113 cm³/mol. The van der Waals surface area contributed by atoms with Crippen LogP contribution in [0.4, 0.5) is 5.69 Å².